The van der Waals surface area contributed by atoms with Gasteiger partial charge < -0.3 is 24.8 Å². The summed E-state index contributed by atoms with van der Waals surface area (Å²) in [7, 11) is 1.42. The lowest BCUT2D eigenvalue weighted by Gasteiger charge is -2.46. The van der Waals surface area contributed by atoms with Crippen molar-refractivity contribution in [3.05, 3.63) is 76.2 Å². The van der Waals surface area contributed by atoms with E-state index in [2.05, 4.69) is 4.98 Å². The number of methoxy groups -OCH3 is 1. The first kappa shape index (κ1) is 34.2. The van der Waals surface area contributed by atoms with Crippen LogP contribution in [0.15, 0.2) is 42.6 Å². The number of anilines is 2. The van der Waals surface area contributed by atoms with Crippen molar-refractivity contribution >= 4 is 17.5 Å². The molecule has 2 atom stereocenters. The number of ether oxygens (including phenoxy) is 3. The molecule has 0 radical (unpaired) electrons. The Kier molecular flexibility index (Phi) is 9.60. The maximum Gasteiger partial charge on any atom is 0.416 e. The Labute approximate surface area is 267 Å². The molecule has 0 spiro atoms. The number of carbonyl (C=O) groups excluding carboxylic acids is 1. The van der Waals surface area contributed by atoms with E-state index in [1.54, 1.807) is 38.2 Å². The van der Waals surface area contributed by atoms with Gasteiger partial charge in [-0.25, -0.2) is 9.78 Å². The van der Waals surface area contributed by atoms with E-state index in [9.17, 15) is 31.1 Å². The van der Waals surface area contributed by atoms with Gasteiger partial charge in [0.25, 0.3) is 0 Å². The molecule has 0 aliphatic carbocycles. The van der Waals surface area contributed by atoms with Gasteiger partial charge in [0.2, 0.25) is 5.88 Å². The summed E-state index contributed by atoms with van der Waals surface area (Å²) in [4.78, 5) is 26.0. The average molecular weight is 668 g/mol. The average Bonchev–Trinajstić information content (AvgIpc) is 3.03. The molecule has 254 valence electrons. The SMILES string of the molecule is CCOC(=O)N1c2ccc(OC)nc2[C@H](c2ncc(N3CCOCC3)cc2Cc2cc(C(F)(F)F)cc(C(F)(F)F)c2)C[C@@]1(N)CC. The zero-order valence-electron chi connectivity index (χ0n) is 26.0. The third-order valence-corrected chi connectivity index (χ3v) is 8.46. The fourth-order valence-corrected chi connectivity index (χ4v) is 6.09. The molecule has 1 fully saturated rings. The molecule has 1 amide bonds. The van der Waals surface area contributed by atoms with Crippen LogP contribution in [0.2, 0.25) is 0 Å². The lowest BCUT2D eigenvalue weighted by Crippen LogP contribution is -2.61. The van der Waals surface area contributed by atoms with Gasteiger partial charge in [-0.15, -0.1) is 0 Å². The van der Waals surface area contributed by atoms with Crippen molar-refractivity contribution in [1.29, 1.82) is 0 Å². The molecular weight excluding hydrogens is 632 g/mol. The number of fused-ring (bicyclic) bond motifs is 1. The highest BCUT2D eigenvalue weighted by Crippen LogP contribution is 2.47. The molecule has 2 aliphatic rings. The minimum atomic E-state index is -5.01. The zero-order valence-corrected chi connectivity index (χ0v) is 26.0. The van der Waals surface area contributed by atoms with Crippen LogP contribution in [0.25, 0.3) is 0 Å². The fourth-order valence-electron chi connectivity index (χ4n) is 6.09. The summed E-state index contributed by atoms with van der Waals surface area (Å²) in [6, 6.07) is 6.44. The highest BCUT2D eigenvalue weighted by atomic mass is 19.4. The van der Waals surface area contributed by atoms with E-state index < -0.39 is 41.2 Å². The monoisotopic (exact) mass is 667 g/mol. The van der Waals surface area contributed by atoms with E-state index in [1.807, 2.05) is 4.90 Å². The number of amides is 1. The quantitative estimate of drug-likeness (QED) is 0.285. The zero-order chi connectivity index (χ0) is 34.1. The van der Waals surface area contributed by atoms with Crippen LogP contribution in [-0.2, 0) is 28.2 Å². The number of alkyl halides is 6. The molecule has 1 aromatic carbocycles. The minimum absolute atomic E-state index is 0.0722. The van der Waals surface area contributed by atoms with E-state index in [0.29, 0.717) is 54.6 Å². The summed E-state index contributed by atoms with van der Waals surface area (Å²) in [5, 5.41) is 0. The van der Waals surface area contributed by atoms with Crippen LogP contribution in [0, 0.1) is 0 Å². The van der Waals surface area contributed by atoms with Crippen molar-refractivity contribution in [2.45, 2.75) is 57.0 Å². The second-order valence-corrected chi connectivity index (χ2v) is 11.4. The van der Waals surface area contributed by atoms with Crippen LogP contribution < -0.4 is 20.3 Å². The predicted molar refractivity (Wildman–Crippen MR) is 160 cm³/mol. The molecule has 4 heterocycles. The second-order valence-electron chi connectivity index (χ2n) is 11.4. The Morgan fingerprint density at radius 1 is 1.02 bits per heavy atom. The summed E-state index contributed by atoms with van der Waals surface area (Å²) in [5.41, 5.74) is 4.61. The topological polar surface area (TPSA) is 103 Å². The highest BCUT2D eigenvalue weighted by molar-refractivity contribution is 5.91. The summed E-state index contributed by atoms with van der Waals surface area (Å²) in [6.07, 6.45) is -9.06. The van der Waals surface area contributed by atoms with Gasteiger partial charge in [-0.1, -0.05) is 6.92 Å². The molecule has 5 rings (SSSR count). The summed E-state index contributed by atoms with van der Waals surface area (Å²) >= 11 is 0. The Morgan fingerprint density at radius 2 is 1.68 bits per heavy atom. The largest absolute Gasteiger partial charge is 0.481 e. The number of pyridine rings is 2. The number of halogens is 6. The molecule has 47 heavy (non-hydrogen) atoms. The summed E-state index contributed by atoms with van der Waals surface area (Å²) in [6.45, 7) is 5.45. The molecule has 2 aromatic heterocycles. The number of hydrogen-bond donors (Lipinski definition) is 1. The molecule has 2 N–H and O–H groups in total. The Morgan fingerprint density at radius 3 is 2.26 bits per heavy atom. The number of morpholine rings is 1. The number of nitrogens with zero attached hydrogens (tertiary/aromatic N) is 4. The van der Waals surface area contributed by atoms with E-state index >= 15 is 0 Å². The van der Waals surface area contributed by atoms with Crippen molar-refractivity contribution in [2.24, 2.45) is 5.73 Å². The van der Waals surface area contributed by atoms with Crippen molar-refractivity contribution in [2.75, 3.05) is 49.8 Å². The molecule has 1 saturated heterocycles. The lowest BCUT2D eigenvalue weighted by molar-refractivity contribution is -0.143. The number of rotatable bonds is 7. The van der Waals surface area contributed by atoms with Gasteiger partial charge in [0, 0.05) is 25.1 Å². The first-order valence-electron chi connectivity index (χ1n) is 15.1. The van der Waals surface area contributed by atoms with Crippen LogP contribution in [0.5, 0.6) is 5.88 Å². The first-order chi connectivity index (χ1) is 22.2. The molecule has 0 bridgehead atoms. The molecule has 0 unspecified atom stereocenters. The van der Waals surface area contributed by atoms with Crippen molar-refractivity contribution in [3.63, 3.8) is 0 Å². The summed E-state index contributed by atoms with van der Waals surface area (Å²) in [5.74, 6) is -0.505. The van der Waals surface area contributed by atoms with Gasteiger partial charge in [0.15, 0.2) is 0 Å². The van der Waals surface area contributed by atoms with Crippen LogP contribution >= 0.6 is 0 Å². The third kappa shape index (κ3) is 7.10. The van der Waals surface area contributed by atoms with Gasteiger partial charge in [-0.05, 0) is 67.6 Å². The summed E-state index contributed by atoms with van der Waals surface area (Å²) < 4.78 is 98.9. The van der Waals surface area contributed by atoms with E-state index in [0.717, 1.165) is 12.1 Å². The third-order valence-electron chi connectivity index (χ3n) is 8.46. The van der Waals surface area contributed by atoms with Crippen LogP contribution in [0.4, 0.5) is 42.5 Å². The van der Waals surface area contributed by atoms with Crippen molar-refractivity contribution < 1.29 is 45.3 Å². The molecule has 9 nitrogen and oxygen atoms in total. The Bertz CT molecular complexity index is 1580. The lowest BCUT2D eigenvalue weighted by atomic mass is 9.80. The maximum absolute atomic E-state index is 13.8. The van der Waals surface area contributed by atoms with Gasteiger partial charge in [-0.2, -0.15) is 26.3 Å². The van der Waals surface area contributed by atoms with Crippen molar-refractivity contribution in [3.8, 4) is 5.88 Å². The standard InChI is InChI=1S/C32H35F6N5O4/c1-4-30(39)17-24(28-25(6-7-26(41-28)45-3)43(30)29(44)47-5-2)27-20(15-23(18-40-27)42-8-10-46-11-9-42)12-19-13-21(31(33,34)35)16-22(14-19)32(36,37)38/h6-7,13-16,18,24H,4-5,8-12,17,39H2,1-3H3/t24-,30+/m0/s1. The van der Waals surface area contributed by atoms with E-state index in [-0.39, 0.29) is 43.4 Å². The molecule has 2 aliphatic heterocycles. The van der Waals surface area contributed by atoms with Crippen LogP contribution in [-0.4, -0.2) is 61.7 Å². The Hall–Kier alpha value is -4.11. The van der Waals surface area contributed by atoms with Gasteiger partial charge in [-0.3, -0.25) is 9.88 Å². The van der Waals surface area contributed by atoms with Crippen molar-refractivity contribution in [1.82, 2.24) is 9.97 Å². The fraction of sp³-hybridized carbons (Fsp3) is 0.469. The smallest absolute Gasteiger partial charge is 0.416 e. The first-order valence-corrected chi connectivity index (χ1v) is 15.1. The number of nitrogens with two attached hydrogens (primary N) is 1. The van der Waals surface area contributed by atoms with E-state index in [4.69, 9.17) is 24.9 Å². The second kappa shape index (κ2) is 13.2. The number of aromatic nitrogens is 2. The Balaban J connectivity index is 1.71. The minimum Gasteiger partial charge on any atom is -0.481 e. The number of benzene rings is 1. The predicted octanol–water partition coefficient (Wildman–Crippen LogP) is 6.51. The van der Waals surface area contributed by atoms with Gasteiger partial charge >= 0.3 is 18.4 Å². The number of hydrogen-bond acceptors (Lipinski definition) is 8. The van der Waals surface area contributed by atoms with Crippen LogP contribution in [0.3, 0.4) is 0 Å². The van der Waals surface area contributed by atoms with E-state index in [1.165, 1.54) is 12.0 Å². The molecule has 15 heteroatoms. The normalized spacial score (nSPS) is 20.2. The number of carbonyl (C=O) groups is 1. The highest BCUT2D eigenvalue weighted by Gasteiger charge is 2.47. The van der Waals surface area contributed by atoms with Crippen LogP contribution in [0.1, 0.15) is 66.2 Å². The van der Waals surface area contributed by atoms with Gasteiger partial charge in [0.05, 0.1) is 67.0 Å². The molecular formula is C32H35F6N5O4. The maximum atomic E-state index is 13.8. The van der Waals surface area contributed by atoms with Gasteiger partial charge in [0.1, 0.15) is 5.66 Å². The molecule has 0 saturated carbocycles. The molecule has 3 aromatic rings.